The number of nitrogen functional groups attached to an aromatic ring is 1. The minimum absolute atomic E-state index is 0.195. The number of nitrogens with zero attached hydrogens (tertiary/aromatic N) is 3. The molecular formula is C20H23FN6O2S. The molecule has 30 heavy (non-hydrogen) atoms. The van der Waals surface area contributed by atoms with Crippen molar-refractivity contribution in [3.63, 3.8) is 0 Å². The minimum Gasteiger partial charge on any atom is -0.393 e. The molecule has 0 bridgehead atoms. The number of nitrogens with one attached hydrogen (secondary N) is 2. The lowest BCUT2D eigenvalue weighted by Gasteiger charge is -2.18. The van der Waals surface area contributed by atoms with Gasteiger partial charge in [0, 0.05) is 18.8 Å². The number of benzene rings is 2. The third kappa shape index (κ3) is 4.50. The number of hydrogen-bond acceptors (Lipinski definition) is 7. The van der Waals surface area contributed by atoms with Gasteiger partial charge in [-0.15, -0.1) is 0 Å². The van der Waals surface area contributed by atoms with Crippen LogP contribution in [0.25, 0.3) is 0 Å². The predicted octanol–water partition coefficient (Wildman–Crippen LogP) is 3.72. The van der Waals surface area contributed by atoms with Gasteiger partial charge in [0.05, 0.1) is 10.6 Å². The van der Waals surface area contributed by atoms with Crippen LogP contribution in [0.1, 0.15) is 13.8 Å². The number of aromatic nitrogens is 2. The number of nitrogens with two attached hydrogens (primary N) is 1. The van der Waals surface area contributed by atoms with Crippen molar-refractivity contribution < 1.29 is 12.8 Å². The molecule has 0 spiro atoms. The highest BCUT2D eigenvalue weighted by Crippen LogP contribution is 2.29. The lowest BCUT2D eigenvalue weighted by atomic mass is 10.3. The Labute approximate surface area is 175 Å². The van der Waals surface area contributed by atoms with Gasteiger partial charge in [-0.05, 0) is 36.4 Å². The Morgan fingerprint density at radius 2 is 1.57 bits per heavy atom. The van der Waals surface area contributed by atoms with Crippen LogP contribution in [0.4, 0.5) is 33.1 Å². The number of hydrogen-bond donors (Lipinski definition) is 3. The first-order valence-electron chi connectivity index (χ1n) is 9.36. The van der Waals surface area contributed by atoms with Crippen molar-refractivity contribution >= 4 is 38.7 Å². The monoisotopic (exact) mass is 430 g/mol. The molecule has 0 aliphatic rings. The van der Waals surface area contributed by atoms with Crippen LogP contribution in [0.15, 0.2) is 59.8 Å². The zero-order valence-corrected chi connectivity index (χ0v) is 17.4. The fourth-order valence-corrected chi connectivity index (χ4v) is 4.30. The van der Waals surface area contributed by atoms with Gasteiger partial charge < -0.3 is 16.4 Å². The van der Waals surface area contributed by atoms with Crippen molar-refractivity contribution in [1.29, 1.82) is 0 Å². The molecule has 0 saturated carbocycles. The van der Waals surface area contributed by atoms with Crippen LogP contribution in [0, 0.1) is 5.82 Å². The third-order valence-electron chi connectivity index (χ3n) is 4.47. The normalized spacial score (nSPS) is 11.5. The zero-order valence-electron chi connectivity index (χ0n) is 16.6. The quantitative estimate of drug-likeness (QED) is 0.499. The van der Waals surface area contributed by atoms with E-state index in [1.807, 2.05) is 0 Å². The number of rotatable bonds is 8. The molecule has 0 aliphatic carbocycles. The standard InChI is InChI=1S/C20H23FN6O2S/c1-3-27(4-2)30(28,29)15-11-9-14(10-12-15)25-19-18(22)20(24-13-23-19)26-17-8-6-5-7-16(17)21/h5-13H,3-4,22H2,1-2H3,(H2,23,24,25,26). The summed E-state index contributed by atoms with van der Waals surface area (Å²) in [5.74, 6) is 0.122. The molecule has 0 radical (unpaired) electrons. The smallest absolute Gasteiger partial charge is 0.243 e. The van der Waals surface area contributed by atoms with Crippen LogP contribution in [0.2, 0.25) is 0 Å². The lowest BCUT2D eigenvalue weighted by molar-refractivity contribution is 0.445. The van der Waals surface area contributed by atoms with Crippen molar-refractivity contribution in [2.45, 2.75) is 18.7 Å². The summed E-state index contributed by atoms with van der Waals surface area (Å²) in [5.41, 5.74) is 7.15. The van der Waals surface area contributed by atoms with Crippen LogP contribution in [0.3, 0.4) is 0 Å². The number of sulfonamides is 1. The number of para-hydroxylation sites is 1. The first kappa shape index (κ1) is 21.5. The summed E-state index contributed by atoms with van der Waals surface area (Å²) in [6.45, 7) is 4.38. The van der Waals surface area contributed by atoms with Crippen LogP contribution in [0.5, 0.6) is 0 Å². The molecule has 8 nitrogen and oxygen atoms in total. The van der Waals surface area contributed by atoms with E-state index in [0.29, 0.717) is 24.6 Å². The average Bonchev–Trinajstić information content (AvgIpc) is 2.73. The molecular weight excluding hydrogens is 407 g/mol. The predicted molar refractivity (Wildman–Crippen MR) is 116 cm³/mol. The van der Waals surface area contributed by atoms with Gasteiger partial charge in [-0.2, -0.15) is 4.31 Å². The van der Waals surface area contributed by atoms with Gasteiger partial charge in [-0.25, -0.2) is 22.8 Å². The van der Waals surface area contributed by atoms with Gasteiger partial charge in [-0.3, -0.25) is 0 Å². The highest BCUT2D eigenvalue weighted by Gasteiger charge is 2.21. The number of halogens is 1. The van der Waals surface area contributed by atoms with Crippen molar-refractivity contribution in [2.24, 2.45) is 0 Å². The van der Waals surface area contributed by atoms with E-state index < -0.39 is 15.8 Å². The Hall–Kier alpha value is -3.24. The van der Waals surface area contributed by atoms with E-state index in [1.165, 1.54) is 28.8 Å². The maximum Gasteiger partial charge on any atom is 0.243 e. The van der Waals surface area contributed by atoms with Crippen LogP contribution >= 0.6 is 0 Å². The summed E-state index contributed by atoms with van der Waals surface area (Å²) < 4.78 is 40.4. The molecule has 158 valence electrons. The van der Waals surface area contributed by atoms with Crippen molar-refractivity contribution in [1.82, 2.24) is 14.3 Å². The summed E-state index contributed by atoms with van der Waals surface area (Å²) in [4.78, 5) is 8.38. The highest BCUT2D eigenvalue weighted by molar-refractivity contribution is 7.89. The summed E-state index contributed by atoms with van der Waals surface area (Å²) in [6, 6.07) is 12.5. The molecule has 0 fully saturated rings. The maximum absolute atomic E-state index is 13.9. The van der Waals surface area contributed by atoms with Crippen LogP contribution < -0.4 is 16.4 Å². The van der Waals surface area contributed by atoms with E-state index >= 15 is 0 Å². The minimum atomic E-state index is -3.53. The third-order valence-corrected chi connectivity index (χ3v) is 6.54. The van der Waals surface area contributed by atoms with Crippen LogP contribution in [-0.4, -0.2) is 35.8 Å². The van der Waals surface area contributed by atoms with E-state index in [2.05, 4.69) is 20.6 Å². The molecule has 10 heteroatoms. The Balaban J connectivity index is 1.81. The van der Waals surface area contributed by atoms with Crippen molar-refractivity contribution in [2.75, 3.05) is 29.5 Å². The van der Waals surface area contributed by atoms with Gasteiger partial charge in [0.25, 0.3) is 0 Å². The van der Waals surface area contributed by atoms with Gasteiger partial charge in [-0.1, -0.05) is 26.0 Å². The first-order chi connectivity index (χ1) is 14.4. The second kappa shape index (κ2) is 9.06. The van der Waals surface area contributed by atoms with E-state index in [9.17, 15) is 12.8 Å². The molecule has 4 N–H and O–H groups in total. The zero-order chi connectivity index (χ0) is 21.7. The molecule has 0 unspecified atom stereocenters. The Morgan fingerprint density at radius 1 is 0.967 bits per heavy atom. The van der Waals surface area contributed by atoms with Gasteiger partial charge in [0.2, 0.25) is 10.0 Å². The molecule has 0 aliphatic heterocycles. The molecule has 0 saturated heterocycles. The summed E-state index contributed by atoms with van der Waals surface area (Å²) in [5, 5.41) is 5.88. The van der Waals surface area contributed by atoms with E-state index in [-0.39, 0.29) is 22.1 Å². The van der Waals surface area contributed by atoms with Crippen molar-refractivity contribution in [3.8, 4) is 0 Å². The molecule has 2 aromatic carbocycles. The summed E-state index contributed by atoms with van der Waals surface area (Å²) in [6.07, 6.45) is 1.29. The molecule has 1 heterocycles. The lowest BCUT2D eigenvalue weighted by Crippen LogP contribution is -2.30. The first-order valence-corrected chi connectivity index (χ1v) is 10.8. The Bertz CT molecular complexity index is 1120. The summed E-state index contributed by atoms with van der Waals surface area (Å²) >= 11 is 0. The maximum atomic E-state index is 13.9. The topological polar surface area (TPSA) is 113 Å². The largest absolute Gasteiger partial charge is 0.393 e. The molecule has 3 aromatic rings. The van der Waals surface area contributed by atoms with E-state index in [1.54, 1.807) is 44.2 Å². The second-order valence-electron chi connectivity index (χ2n) is 6.33. The molecule has 3 rings (SSSR count). The Kier molecular flexibility index (Phi) is 6.48. The van der Waals surface area contributed by atoms with E-state index in [4.69, 9.17) is 5.73 Å². The fourth-order valence-electron chi connectivity index (χ4n) is 2.84. The van der Waals surface area contributed by atoms with Gasteiger partial charge in [0.15, 0.2) is 11.6 Å². The SMILES string of the molecule is CCN(CC)S(=O)(=O)c1ccc(Nc2ncnc(Nc3ccccc3F)c2N)cc1. The van der Waals surface area contributed by atoms with Crippen LogP contribution in [-0.2, 0) is 10.0 Å². The highest BCUT2D eigenvalue weighted by atomic mass is 32.2. The second-order valence-corrected chi connectivity index (χ2v) is 8.27. The Morgan fingerprint density at radius 3 is 2.17 bits per heavy atom. The molecule has 0 atom stereocenters. The molecule has 0 amide bonds. The van der Waals surface area contributed by atoms with E-state index in [0.717, 1.165) is 0 Å². The van der Waals surface area contributed by atoms with Gasteiger partial charge in [0.1, 0.15) is 17.8 Å². The average molecular weight is 431 g/mol. The summed E-state index contributed by atoms with van der Waals surface area (Å²) in [7, 11) is -3.53. The van der Waals surface area contributed by atoms with Crippen molar-refractivity contribution in [3.05, 3.63) is 60.7 Å². The number of anilines is 5. The van der Waals surface area contributed by atoms with Gasteiger partial charge >= 0.3 is 0 Å². The fraction of sp³-hybridized carbons (Fsp3) is 0.200. The molecule has 1 aromatic heterocycles.